The second-order valence-electron chi connectivity index (χ2n) is 6.35. The summed E-state index contributed by atoms with van der Waals surface area (Å²) < 4.78 is 5.57. The summed E-state index contributed by atoms with van der Waals surface area (Å²) in [6, 6.07) is 20.1. The molecule has 1 N–H and O–H groups in total. The summed E-state index contributed by atoms with van der Waals surface area (Å²) in [5, 5.41) is 6.51. The van der Waals surface area contributed by atoms with Crippen LogP contribution in [0.1, 0.15) is 23.6 Å². The summed E-state index contributed by atoms with van der Waals surface area (Å²) in [6.07, 6.45) is 0. The third kappa shape index (κ3) is 4.28. The van der Waals surface area contributed by atoms with Gasteiger partial charge < -0.3 is 4.74 Å². The molecule has 0 saturated carbocycles. The van der Waals surface area contributed by atoms with Crippen molar-refractivity contribution in [3.8, 4) is 5.75 Å². The Balaban J connectivity index is 1.61. The quantitative estimate of drug-likeness (QED) is 0.551. The van der Waals surface area contributed by atoms with Crippen molar-refractivity contribution in [3.63, 3.8) is 0 Å². The van der Waals surface area contributed by atoms with Crippen LogP contribution in [-0.4, -0.2) is 18.2 Å². The molecule has 26 heavy (non-hydrogen) atoms. The first-order valence-electron chi connectivity index (χ1n) is 8.55. The SMILES string of the molecule is C/C(=N\NC(=O)COc1ccc(C)cc1C)c1ccc2ccccc2c1. The van der Waals surface area contributed by atoms with E-state index in [4.69, 9.17) is 4.74 Å². The molecule has 0 aliphatic carbocycles. The highest BCUT2D eigenvalue weighted by molar-refractivity contribution is 6.02. The van der Waals surface area contributed by atoms with Gasteiger partial charge in [-0.2, -0.15) is 5.10 Å². The number of fused-ring (bicyclic) bond motifs is 1. The highest BCUT2D eigenvalue weighted by atomic mass is 16.5. The van der Waals surface area contributed by atoms with Crippen molar-refractivity contribution in [3.05, 3.63) is 77.4 Å². The van der Waals surface area contributed by atoms with E-state index >= 15 is 0 Å². The third-order valence-corrected chi connectivity index (χ3v) is 4.20. The number of amides is 1. The van der Waals surface area contributed by atoms with Crippen molar-refractivity contribution in [2.24, 2.45) is 5.10 Å². The first kappa shape index (κ1) is 17.7. The van der Waals surface area contributed by atoms with Crippen LogP contribution in [0.3, 0.4) is 0 Å². The summed E-state index contributed by atoms with van der Waals surface area (Å²) in [5.41, 5.74) is 6.44. The smallest absolute Gasteiger partial charge is 0.277 e. The minimum absolute atomic E-state index is 0.0710. The van der Waals surface area contributed by atoms with Gasteiger partial charge in [-0.3, -0.25) is 4.79 Å². The normalized spacial score (nSPS) is 11.4. The second-order valence-corrected chi connectivity index (χ2v) is 6.35. The Morgan fingerprint density at radius 1 is 1.00 bits per heavy atom. The minimum Gasteiger partial charge on any atom is -0.483 e. The molecule has 1 amide bonds. The molecule has 0 aliphatic heterocycles. The molecule has 3 rings (SSSR count). The van der Waals surface area contributed by atoms with E-state index in [1.165, 1.54) is 5.39 Å². The fraction of sp³-hybridized carbons (Fsp3) is 0.182. The Kier molecular flexibility index (Phi) is 5.32. The number of nitrogens with zero attached hydrogens (tertiary/aromatic N) is 1. The molecular weight excluding hydrogens is 324 g/mol. The van der Waals surface area contributed by atoms with E-state index in [1.54, 1.807) is 0 Å². The predicted octanol–water partition coefficient (Wildman–Crippen LogP) is 4.38. The van der Waals surface area contributed by atoms with Crippen LogP contribution < -0.4 is 10.2 Å². The zero-order valence-corrected chi connectivity index (χ0v) is 15.2. The molecule has 0 atom stereocenters. The molecular formula is C22H22N2O2. The molecule has 0 unspecified atom stereocenters. The highest BCUT2D eigenvalue weighted by Gasteiger charge is 2.05. The Hall–Kier alpha value is -3.14. The average molecular weight is 346 g/mol. The van der Waals surface area contributed by atoms with Crippen LogP contribution in [0, 0.1) is 13.8 Å². The Bertz CT molecular complexity index is 977. The van der Waals surface area contributed by atoms with Crippen LogP contribution in [0.5, 0.6) is 5.75 Å². The van der Waals surface area contributed by atoms with E-state index in [0.717, 1.165) is 27.8 Å². The van der Waals surface area contributed by atoms with Gasteiger partial charge in [0.25, 0.3) is 5.91 Å². The number of aryl methyl sites for hydroxylation is 2. The zero-order chi connectivity index (χ0) is 18.5. The molecule has 0 fully saturated rings. The molecule has 0 spiro atoms. The number of carbonyl (C=O) groups excluding carboxylic acids is 1. The number of carbonyl (C=O) groups is 1. The molecule has 4 nitrogen and oxygen atoms in total. The lowest BCUT2D eigenvalue weighted by atomic mass is 10.0. The molecule has 132 valence electrons. The third-order valence-electron chi connectivity index (χ3n) is 4.20. The molecule has 0 heterocycles. The van der Waals surface area contributed by atoms with Crippen molar-refractivity contribution >= 4 is 22.4 Å². The lowest BCUT2D eigenvalue weighted by molar-refractivity contribution is -0.123. The fourth-order valence-electron chi connectivity index (χ4n) is 2.76. The maximum absolute atomic E-state index is 12.0. The van der Waals surface area contributed by atoms with Crippen LogP contribution in [0.2, 0.25) is 0 Å². The van der Waals surface area contributed by atoms with E-state index in [1.807, 2.05) is 57.2 Å². The molecule has 0 aromatic heterocycles. The van der Waals surface area contributed by atoms with Crippen LogP contribution in [0.25, 0.3) is 10.8 Å². The molecule has 4 heteroatoms. The maximum Gasteiger partial charge on any atom is 0.277 e. The number of rotatable bonds is 5. The summed E-state index contributed by atoms with van der Waals surface area (Å²) in [4.78, 5) is 12.0. The Morgan fingerprint density at radius 2 is 1.77 bits per heavy atom. The van der Waals surface area contributed by atoms with Crippen LogP contribution in [0.15, 0.2) is 65.8 Å². The molecule has 0 radical (unpaired) electrons. The van der Waals surface area contributed by atoms with Crippen molar-refractivity contribution in [2.75, 3.05) is 6.61 Å². The number of hydrazone groups is 1. The zero-order valence-electron chi connectivity index (χ0n) is 15.2. The maximum atomic E-state index is 12.0. The first-order valence-corrected chi connectivity index (χ1v) is 8.55. The van der Waals surface area contributed by atoms with E-state index in [9.17, 15) is 4.79 Å². The van der Waals surface area contributed by atoms with Crippen LogP contribution in [-0.2, 0) is 4.79 Å². The molecule has 0 aliphatic rings. The summed E-state index contributed by atoms with van der Waals surface area (Å²) in [5.74, 6) is 0.422. The van der Waals surface area contributed by atoms with E-state index < -0.39 is 0 Å². The van der Waals surface area contributed by atoms with Crippen LogP contribution in [0.4, 0.5) is 0 Å². The van der Waals surface area contributed by atoms with Gasteiger partial charge in [-0.05, 0) is 54.8 Å². The lowest BCUT2D eigenvalue weighted by Crippen LogP contribution is -2.25. The van der Waals surface area contributed by atoms with E-state index in [0.29, 0.717) is 5.75 Å². The van der Waals surface area contributed by atoms with Gasteiger partial charge in [0.2, 0.25) is 0 Å². The summed E-state index contributed by atoms with van der Waals surface area (Å²) in [7, 11) is 0. The Morgan fingerprint density at radius 3 is 2.54 bits per heavy atom. The van der Waals surface area contributed by atoms with Crippen molar-refractivity contribution < 1.29 is 9.53 Å². The van der Waals surface area contributed by atoms with Gasteiger partial charge in [0.1, 0.15) is 5.75 Å². The summed E-state index contributed by atoms with van der Waals surface area (Å²) >= 11 is 0. The lowest BCUT2D eigenvalue weighted by Gasteiger charge is -2.09. The number of hydrogen-bond acceptors (Lipinski definition) is 3. The molecule has 3 aromatic rings. The van der Waals surface area contributed by atoms with Crippen molar-refractivity contribution in [1.29, 1.82) is 0 Å². The van der Waals surface area contributed by atoms with Crippen molar-refractivity contribution in [1.82, 2.24) is 5.43 Å². The predicted molar refractivity (Wildman–Crippen MR) is 106 cm³/mol. The van der Waals surface area contributed by atoms with Gasteiger partial charge in [0.15, 0.2) is 6.61 Å². The topological polar surface area (TPSA) is 50.7 Å². The number of benzene rings is 3. The van der Waals surface area contributed by atoms with Gasteiger partial charge in [0.05, 0.1) is 5.71 Å². The Labute approximate surface area is 153 Å². The van der Waals surface area contributed by atoms with Gasteiger partial charge in [-0.15, -0.1) is 0 Å². The van der Waals surface area contributed by atoms with Gasteiger partial charge in [-0.25, -0.2) is 5.43 Å². The monoisotopic (exact) mass is 346 g/mol. The van der Waals surface area contributed by atoms with Crippen LogP contribution >= 0.6 is 0 Å². The molecule has 0 saturated heterocycles. The minimum atomic E-state index is -0.287. The van der Waals surface area contributed by atoms with Gasteiger partial charge in [-0.1, -0.05) is 54.1 Å². The number of hydrogen-bond donors (Lipinski definition) is 1. The molecule has 3 aromatic carbocycles. The number of ether oxygens (including phenoxy) is 1. The number of nitrogens with one attached hydrogen (secondary N) is 1. The van der Waals surface area contributed by atoms with E-state index in [2.05, 4.69) is 34.8 Å². The van der Waals surface area contributed by atoms with Gasteiger partial charge in [0, 0.05) is 0 Å². The van der Waals surface area contributed by atoms with Crippen molar-refractivity contribution in [2.45, 2.75) is 20.8 Å². The molecule has 0 bridgehead atoms. The second kappa shape index (κ2) is 7.83. The van der Waals surface area contributed by atoms with Gasteiger partial charge >= 0.3 is 0 Å². The standard InChI is InChI=1S/C22H22N2O2/c1-15-8-11-21(16(2)12-15)26-14-22(25)24-23-17(3)19-10-9-18-6-4-5-7-20(18)13-19/h4-13H,14H2,1-3H3,(H,24,25)/b23-17+. The highest BCUT2D eigenvalue weighted by Crippen LogP contribution is 2.18. The average Bonchev–Trinajstić information content (AvgIpc) is 2.65. The first-order chi connectivity index (χ1) is 12.5. The fourth-order valence-corrected chi connectivity index (χ4v) is 2.76. The largest absolute Gasteiger partial charge is 0.483 e. The van der Waals surface area contributed by atoms with E-state index in [-0.39, 0.29) is 12.5 Å². The summed E-state index contributed by atoms with van der Waals surface area (Å²) in [6.45, 7) is 5.78.